The molecular formula is C20H25FN4O2. The van der Waals surface area contributed by atoms with E-state index in [-0.39, 0.29) is 5.82 Å². The largest absolute Gasteiger partial charge is 0.444 e. The van der Waals surface area contributed by atoms with Gasteiger partial charge in [0, 0.05) is 50.7 Å². The van der Waals surface area contributed by atoms with Crippen LogP contribution >= 0.6 is 0 Å². The number of benzene rings is 1. The lowest BCUT2D eigenvalue weighted by atomic mass is 9.87. The lowest BCUT2D eigenvalue weighted by molar-refractivity contribution is 0.156. The van der Waals surface area contributed by atoms with Gasteiger partial charge in [0.25, 0.3) is 0 Å². The van der Waals surface area contributed by atoms with Crippen LogP contribution in [-0.2, 0) is 11.2 Å². The molecule has 4 rings (SSSR count). The Morgan fingerprint density at radius 1 is 1.33 bits per heavy atom. The first-order chi connectivity index (χ1) is 13.2. The molecule has 0 aliphatic carbocycles. The summed E-state index contributed by atoms with van der Waals surface area (Å²) in [6, 6.07) is 6.15. The van der Waals surface area contributed by atoms with Gasteiger partial charge in [0.1, 0.15) is 12.1 Å². The smallest absolute Gasteiger partial charge is 0.226 e. The molecule has 1 aromatic heterocycles. The fourth-order valence-corrected chi connectivity index (χ4v) is 3.87. The number of nitrogens with one attached hydrogen (secondary N) is 1. The molecule has 1 unspecified atom stereocenters. The number of aromatic nitrogens is 1. The van der Waals surface area contributed by atoms with Crippen molar-refractivity contribution >= 4 is 5.96 Å². The van der Waals surface area contributed by atoms with Crippen LogP contribution in [0.15, 0.2) is 39.9 Å². The molecule has 1 aromatic carbocycles. The van der Waals surface area contributed by atoms with Crippen molar-refractivity contribution in [3.63, 3.8) is 0 Å². The van der Waals surface area contributed by atoms with E-state index in [4.69, 9.17) is 9.15 Å². The third-order valence-corrected chi connectivity index (χ3v) is 5.44. The molecule has 0 amide bonds. The van der Waals surface area contributed by atoms with E-state index in [0.29, 0.717) is 11.3 Å². The highest BCUT2D eigenvalue weighted by Crippen LogP contribution is 2.38. The summed E-state index contributed by atoms with van der Waals surface area (Å²) in [4.78, 5) is 11.2. The van der Waals surface area contributed by atoms with Gasteiger partial charge in [0.15, 0.2) is 5.96 Å². The maximum absolute atomic E-state index is 13.0. The molecule has 2 aliphatic heterocycles. The second-order valence-corrected chi connectivity index (χ2v) is 7.35. The quantitative estimate of drug-likeness (QED) is 0.660. The molecule has 0 bridgehead atoms. The number of ether oxygens (including phenoxy) is 1. The predicted molar refractivity (Wildman–Crippen MR) is 101 cm³/mol. The van der Waals surface area contributed by atoms with Crippen LogP contribution in [-0.4, -0.2) is 55.7 Å². The van der Waals surface area contributed by atoms with Crippen molar-refractivity contribution in [2.75, 3.05) is 39.9 Å². The van der Waals surface area contributed by atoms with Crippen LogP contribution in [0.3, 0.4) is 0 Å². The number of guanidine groups is 1. The number of hydrogen-bond acceptors (Lipinski definition) is 4. The third-order valence-electron chi connectivity index (χ3n) is 5.44. The molecule has 3 heterocycles. The summed E-state index contributed by atoms with van der Waals surface area (Å²) in [5.41, 5.74) is 1.94. The molecule has 0 radical (unpaired) electrons. The van der Waals surface area contributed by atoms with E-state index in [1.165, 1.54) is 12.1 Å². The van der Waals surface area contributed by atoms with Crippen molar-refractivity contribution in [1.82, 2.24) is 15.2 Å². The molecule has 2 saturated heterocycles. The van der Waals surface area contributed by atoms with Gasteiger partial charge in [-0.15, -0.1) is 0 Å². The normalized spacial score (nSPS) is 22.7. The Morgan fingerprint density at radius 3 is 2.93 bits per heavy atom. The van der Waals surface area contributed by atoms with E-state index >= 15 is 0 Å². The highest BCUT2D eigenvalue weighted by atomic mass is 19.1. The second-order valence-electron chi connectivity index (χ2n) is 7.35. The van der Waals surface area contributed by atoms with Crippen molar-refractivity contribution in [3.8, 4) is 11.5 Å². The van der Waals surface area contributed by atoms with Gasteiger partial charge in [0.05, 0.1) is 12.3 Å². The first-order valence-corrected chi connectivity index (χ1v) is 9.41. The Balaban J connectivity index is 1.29. The maximum Gasteiger partial charge on any atom is 0.226 e. The molecule has 1 N–H and O–H groups in total. The van der Waals surface area contributed by atoms with E-state index in [0.717, 1.165) is 69.3 Å². The van der Waals surface area contributed by atoms with Gasteiger partial charge in [-0.25, -0.2) is 9.37 Å². The van der Waals surface area contributed by atoms with Gasteiger partial charge in [0.2, 0.25) is 5.89 Å². The van der Waals surface area contributed by atoms with Crippen molar-refractivity contribution in [1.29, 1.82) is 0 Å². The lowest BCUT2D eigenvalue weighted by Gasteiger charge is -2.24. The molecule has 2 fully saturated rings. The van der Waals surface area contributed by atoms with Crippen molar-refractivity contribution in [3.05, 3.63) is 42.0 Å². The summed E-state index contributed by atoms with van der Waals surface area (Å²) in [5.74, 6) is 1.17. The molecule has 1 spiro atoms. The van der Waals surface area contributed by atoms with E-state index in [9.17, 15) is 4.39 Å². The predicted octanol–water partition coefficient (Wildman–Crippen LogP) is 2.71. The molecule has 6 nitrogen and oxygen atoms in total. The first kappa shape index (κ1) is 18.0. The average molecular weight is 372 g/mol. The van der Waals surface area contributed by atoms with Crippen LogP contribution in [0, 0.1) is 11.2 Å². The summed E-state index contributed by atoms with van der Waals surface area (Å²) in [6.45, 7) is 4.49. The van der Waals surface area contributed by atoms with Gasteiger partial charge in [-0.2, -0.15) is 0 Å². The third kappa shape index (κ3) is 3.98. The minimum atomic E-state index is -0.269. The van der Waals surface area contributed by atoms with Crippen LogP contribution in [0.4, 0.5) is 4.39 Å². The van der Waals surface area contributed by atoms with E-state index in [1.54, 1.807) is 18.4 Å². The fourth-order valence-electron chi connectivity index (χ4n) is 3.87. The zero-order chi connectivity index (χ0) is 18.7. The topological polar surface area (TPSA) is 62.9 Å². The van der Waals surface area contributed by atoms with Crippen molar-refractivity contribution in [2.24, 2.45) is 10.4 Å². The Labute approximate surface area is 158 Å². The number of rotatable bonds is 4. The van der Waals surface area contributed by atoms with Gasteiger partial charge in [-0.1, -0.05) is 0 Å². The summed E-state index contributed by atoms with van der Waals surface area (Å²) in [5, 5.41) is 3.43. The molecule has 1 atom stereocenters. The van der Waals surface area contributed by atoms with Crippen LogP contribution < -0.4 is 5.32 Å². The monoisotopic (exact) mass is 372 g/mol. The van der Waals surface area contributed by atoms with Gasteiger partial charge in [-0.05, 0) is 37.1 Å². The minimum absolute atomic E-state index is 0.269. The highest BCUT2D eigenvalue weighted by Gasteiger charge is 2.42. The SMILES string of the molecule is CN=C(NCCc1coc(-c2ccc(F)cc2)n1)N1CCC2(CCOC2)C1. The molecule has 27 heavy (non-hydrogen) atoms. The summed E-state index contributed by atoms with van der Waals surface area (Å²) >= 11 is 0. The molecule has 0 saturated carbocycles. The van der Waals surface area contributed by atoms with Crippen LogP contribution in [0.25, 0.3) is 11.5 Å². The van der Waals surface area contributed by atoms with Crippen LogP contribution in [0.5, 0.6) is 0 Å². The van der Waals surface area contributed by atoms with Crippen LogP contribution in [0.2, 0.25) is 0 Å². The molecule has 2 aliphatic rings. The van der Waals surface area contributed by atoms with E-state index in [2.05, 4.69) is 20.2 Å². The summed E-state index contributed by atoms with van der Waals surface area (Å²) in [6.07, 6.45) is 4.69. The van der Waals surface area contributed by atoms with Gasteiger partial charge in [-0.3, -0.25) is 4.99 Å². The zero-order valence-corrected chi connectivity index (χ0v) is 15.6. The van der Waals surface area contributed by atoms with E-state index < -0.39 is 0 Å². The Hall–Kier alpha value is -2.41. The van der Waals surface area contributed by atoms with E-state index in [1.807, 2.05) is 7.05 Å². The first-order valence-electron chi connectivity index (χ1n) is 9.41. The molecule has 7 heteroatoms. The molecule has 144 valence electrons. The maximum atomic E-state index is 13.0. The Morgan fingerprint density at radius 2 is 2.19 bits per heavy atom. The van der Waals surface area contributed by atoms with Gasteiger partial charge >= 0.3 is 0 Å². The van der Waals surface area contributed by atoms with Crippen molar-refractivity contribution in [2.45, 2.75) is 19.3 Å². The number of aliphatic imine (C=N–C) groups is 1. The molecule has 2 aromatic rings. The summed E-state index contributed by atoms with van der Waals surface area (Å²) in [7, 11) is 1.82. The fraction of sp³-hybridized carbons (Fsp3) is 0.500. The highest BCUT2D eigenvalue weighted by molar-refractivity contribution is 5.80. The Kier molecular flexibility index (Phi) is 5.11. The number of likely N-dealkylation sites (tertiary alicyclic amines) is 1. The van der Waals surface area contributed by atoms with Crippen LogP contribution in [0.1, 0.15) is 18.5 Å². The van der Waals surface area contributed by atoms with Gasteiger partial charge < -0.3 is 19.4 Å². The summed E-state index contributed by atoms with van der Waals surface area (Å²) < 4.78 is 24.2. The number of nitrogens with zero attached hydrogens (tertiary/aromatic N) is 3. The number of oxazole rings is 1. The number of halogens is 1. The Bertz CT molecular complexity index is 797. The average Bonchev–Trinajstić information content (AvgIpc) is 3.42. The minimum Gasteiger partial charge on any atom is -0.444 e. The standard InChI is InChI=1S/C20H25FN4O2/c1-22-19(25-10-7-20(13-25)8-11-26-14-20)23-9-6-17-12-27-18(24-17)15-2-4-16(21)5-3-15/h2-5,12H,6-11,13-14H2,1H3,(H,22,23). The van der Waals surface area contributed by atoms with Crippen molar-refractivity contribution < 1.29 is 13.5 Å². The zero-order valence-electron chi connectivity index (χ0n) is 15.6. The second kappa shape index (κ2) is 7.68. The molecular weight excluding hydrogens is 347 g/mol. The lowest BCUT2D eigenvalue weighted by Crippen LogP contribution is -2.42. The number of hydrogen-bond donors (Lipinski definition) is 1.